The molecule has 6 nitrogen and oxygen atoms in total. The molecule has 2 heterocycles. The molecule has 1 saturated carbocycles. The van der Waals surface area contributed by atoms with Gasteiger partial charge in [0.2, 0.25) is 0 Å². The van der Waals surface area contributed by atoms with Crippen molar-refractivity contribution in [3.05, 3.63) is 35.4 Å². The predicted molar refractivity (Wildman–Crippen MR) is 145 cm³/mol. The molecule has 1 unspecified atom stereocenters. The fourth-order valence-corrected chi connectivity index (χ4v) is 5.36. The quantitative estimate of drug-likeness (QED) is 0.322. The first kappa shape index (κ1) is 25.7. The third-order valence-corrected chi connectivity index (χ3v) is 7.33. The van der Waals surface area contributed by atoms with Gasteiger partial charge in [-0.05, 0) is 56.9 Å². The molecule has 0 amide bonds. The number of aliphatic imine (C=N–C) groups is 1. The number of likely N-dealkylation sites (tertiary alicyclic amines) is 1. The molecule has 2 N–H and O–H groups in total. The van der Waals surface area contributed by atoms with Crippen LogP contribution in [0.15, 0.2) is 29.3 Å². The first-order valence-corrected chi connectivity index (χ1v) is 12.4. The van der Waals surface area contributed by atoms with Crippen molar-refractivity contribution >= 4 is 29.9 Å². The van der Waals surface area contributed by atoms with Crippen molar-refractivity contribution in [1.29, 1.82) is 0 Å². The Hall–Kier alpha value is -0.900. The van der Waals surface area contributed by atoms with E-state index in [0.29, 0.717) is 6.04 Å². The minimum absolute atomic E-state index is 0. The Morgan fingerprint density at radius 2 is 1.69 bits per heavy atom. The summed E-state index contributed by atoms with van der Waals surface area (Å²) in [4.78, 5) is 12.2. The number of halogens is 1. The third-order valence-electron chi connectivity index (χ3n) is 7.33. The average Bonchev–Trinajstić information content (AvgIpc) is 3.44. The van der Waals surface area contributed by atoms with Crippen LogP contribution in [0.25, 0.3) is 0 Å². The Bertz CT molecular complexity index is 703. The predicted octanol–water partition coefficient (Wildman–Crippen LogP) is 3.12. The summed E-state index contributed by atoms with van der Waals surface area (Å²) in [7, 11) is 4.10. The SMILES string of the molecule is CN=C(NCc1ccc(CN2CCCN(C)CC2)cc1)NC1CCN(C2CCCC2)C1.I. The molecule has 0 spiro atoms. The molecule has 1 atom stereocenters. The Labute approximate surface area is 212 Å². The van der Waals surface area contributed by atoms with Crippen molar-refractivity contribution in [2.45, 2.75) is 63.7 Å². The number of nitrogens with one attached hydrogen (secondary N) is 2. The highest BCUT2D eigenvalue weighted by atomic mass is 127. The molecule has 0 bridgehead atoms. The molecule has 2 saturated heterocycles. The van der Waals surface area contributed by atoms with E-state index in [-0.39, 0.29) is 24.0 Å². The fraction of sp³-hybridized carbons (Fsp3) is 0.720. The fourth-order valence-electron chi connectivity index (χ4n) is 5.36. The maximum atomic E-state index is 4.46. The van der Waals surface area contributed by atoms with Crippen molar-refractivity contribution in [1.82, 2.24) is 25.3 Å². The lowest BCUT2D eigenvalue weighted by Gasteiger charge is -2.24. The highest BCUT2D eigenvalue weighted by Crippen LogP contribution is 2.26. The van der Waals surface area contributed by atoms with Gasteiger partial charge in [-0.25, -0.2) is 0 Å². The van der Waals surface area contributed by atoms with Crippen molar-refractivity contribution in [2.24, 2.45) is 4.99 Å². The summed E-state index contributed by atoms with van der Waals surface area (Å²) in [6.45, 7) is 9.03. The Morgan fingerprint density at radius 1 is 0.938 bits per heavy atom. The molecule has 0 aromatic heterocycles. The zero-order valence-electron chi connectivity index (χ0n) is 20.1. The van der Waals surface area contributed by atoms with Crippen LogP contribution in [0, 0.1) is 0 Å². The molecule has 180 valence electrons. The second kappa shape index (κ2) is 13.1. The smallest absolute Gasteiger partial charge is 0.191 e. The van der Waals surface area contributed by atoms with Crippen molar-refractivity contribution in [2.75, 3.05) is 53.4 Å². The summed E-state index contributed by atoms with van der Waals surface area (Å²) >= 11 is 0. The number of benzene rings is 1. The number of rotatable bonds is 6. The van der Waals surface area contributed by atoms with E-state index in [1.807, 2.05) is 7.05 Å². The van der Waals surface area contributed by atoms with Gasteiger partial charge in [-0.3, -0.25) is 14.8 Å². The van der Waals surface area contributed by atoms with Crippen LogP contribution in [0.5, 0.6) is 0 Å². The molecule has 32 heavy (non-hydrogen) atoms. The number of guanidine groups is 1. The van der Waals surface area contributed by atoms with Crippen molar-refractivity contribution in [3.8, 4) is 0 Å². The zero-order chi connectivity index (χ0) is 21.5. The molecule has 1 aromatic carbocycles. The molecule has 2 aliphatic heterocycles. The summed E-state index contributed by atoms with van der Waals surface area (Å²) in [5, 5.41) is 7.17. The lowest BCUT2D eigenvalue weighted by molar-refractivity contribution is 0.242. The number of nitrogens with zero attached hydrogens (tertiary/aromatic N) is 4. The molecule has 7 heteroatoms. The van der Waals surface area contributed by atoms with Gasteiger partial charge in [0.15, 0.2) is 5.96 Å². The van der Waals surface area contributed by atoms with Crippen molar-refractivity contribution < 1.29 is 0 Å². The molecular weight excluding hydrogens is 511 g/mol. The maximum Gasteiger partial charge on any atom is 0.191 e. The van der Waals surface area contributed by atoms with E-state index in [1.54, 1.807) is 0 Å². The molecule has 0 radical (unpaired) electrons. The number of hydrogen-bond acceptors (Lipinski definition) is 4. The van der Waals surface area contributed by atoms with E-state index in [9.17, 15) is 0 Å². The van der Waals surface area contributed by atoms with Crippen LogP contribution in [0.3, 0.4) is 0 Å². The van der Waals surface area contributed by atoms with Crippen LogP contribution in [-0.4, -0.2) is 86.1 Å². The van der Waals surface area contributed by atoms with E-state index < -0.39 is 0 Å². The third kappa shape index (κ3) is 7.57. The monoisotopic (exact) mass is 554 g/mol. The van der Waals surface area contributed by atoms with Gasteiger partial charge in [0.05, 0.1) is 0 Å². The second-order valence-electron chi connectivity index (χ2n) is 9.74. The van der Waals surface area contributed by atoms with Crippen LogP contribution in [0.4, 0.5) is 0 Å². The van der Waals surface area contributed by atoms with Gasteiger partial charge in [-0.1, -0.05) is 37.1 Å². The molecule has 1 aliphatic carbocycles. The van der Waals surface area contributed by atoms with Gasteiger partial charge in [0.1, 0.15) is 0 Å². The lowest BCUT2D eigenvalue weighted by Crippen LogP contribution is -2.45. The highest BCUT2D eigenvalue weighted by molar-refractivity contribution is 14.0. The van der Waals surface area contributed by atoms with Gasteiger partial charge in [-0.2, -0.15) is 0 Å². The van der Waals surface area contributed by atoms with Gasteiger partial charge in [0.25, 0.3) is 0 Å². The van der Waals surface area contributed by atoms with E-state index in [4.69, 9.17) is 0 Å². The Balaban J connectivity index is 0.00000289. The zero-order valence-corrected chi connectivity index (χ0v) is 22.4. The van der Waals surface area contributed by atoms with Crippen LogP contribution in [0.1, 0.15) is 49.7 Å². The van der Waals surface area contributed by atoms with Crippen LogP contribution < -0.4 is 10.6 Å². The van der Waals surface area contributed by atoms with Gasteiger partial charge < -0.3 is 15.5 Å². The summed E-state index contributed by atoms with van der Waals surface area (Å²) in [5.41, 5.74) is 2.72. The summed E-state index contributed by atoms with van der Waals surface area (Å²) in [5.74, 6) is 0.927. The number of likely N-dealkylation sites (N-methyl/N-ethyl adjacent to an activating group) is 1. The minimum atomic E-state index is 0. The number of hydrogen-bond donors (Lipinski definition) is 2. The van der Waals surface area contributed by atoms with Crippen LogP contribution in [-0.2, 0) is 13.1 Å². The first-order chi connectivity index (χ1) is 15.2. The van der Waals surface area contributed by atoms with E-state index in [0.717, 1.165) is 31.6 Å². The second-order valence-corrected chi connectivity index (χ2v) is 9.74. The van der Waals surface area contributed by atoms with Gasteiger partial charge >= 0.3 is 0 Å². The highest BCUT2D eigenvalue weighted by Gasteiger charge is 2.30. The molecule has 1 aromatic rings. The lowest BCUT2D eigenvalue weighted by atomic mass is 10.1. The van der Waals surface area contributed by atoms with E-state index in [2.05, 4.69) is 61.6 Å². The summed E-state index contributed by atoms with van der Waals surface area (Å²) in [6, 6.07) is 10.4. The average molecular weight is 555 g/mol. The van der Waals surface area contributed by atoms with Gasteiger partial charge in [-0.15, -0.1) is 24.0 Å². The van der Waals surface area contributed by atoms with E-state index in [1.165, 1.54) is 82.4 Å². The maximum absolute atomic E-state index is 4.46. The summed E-state index contributed by atoms with van der Waals surface area (Å²) < 4.78 is 0. The van der Waals surface area contributed by atoms with Crippen molar-refractivity contribution in [3.63, 3.8) is 0 Å². The topological polar surface area (TPSA) is 46.1 Å². The molecule has 3 fully saturated rings. The molecule has 3 aliphatic rings. The Morgan fingerprint density at radius 3 is 2.44 bits per heavy atom. The first-order valence-electron chi connectivity index (χ1n) is 12.4. The van der Waals surface area contributed by atoms with E-state index >= 15 is 0 Å². The van der Waals surface area contributed by atoms with Gasteiger partial charge in [0, 0.05) is 58.4 Å². The standard InChI is InChI=1S/C25H42N6.HI/c1-26-25(28-23-12-15-31(20-23)24-6-3-4-7-24)27-18-21-8-10-22(11-9-21)19-30-14-5-13-29(2)16-17-30;/h8-11,23-24H,3-7,12-20H2,1-2H3,(H2,26,27,28);1H. The summed E-state index contributed by atoms with van der Waals surface area (Å²) in [6.07, 6.45) is 8.10. The minimum Gasteiger partial charge on any atom is -0.352 e. The largest absolute Gasteiger partial charge is 0.352 e. The molecule has 4 rings (SSSR count). The van der Waals surface area contributed by atoms with Crippen LogP contribution in [0.2, 0.25) is 0 Å². The van der Waals surface area contributed by atoms with Crippen LogP contribution >= 0.6 is 24.0 Å². The normalized spacial score (nSPS) is 24.3. The molecular formula is C25H43IN6. The Kier molecular flexibility index (Phi) is 10.5.